The van der Waals surface area contributed by atoms with Crippen molar-refractivity contribution in [2.24, 2.45) is 16.8 Å². The van der Waals surface area contributed by atoms with Crippen LogP contribution in [0.15, 0.2) is 87.7 Å². The third-order valence-corrected chi connectivity index (χ3v) is 5.31. The molecule has 0 saturated heterocycles. The lowest BCUT2D eigenvalue weighted by molar-refractivity contribution is 0.331. The molecule has 1 aliphatic carbocycles. The molecule has 3 heteroatoms. The maximum absolute atomic E-state index is 4.47. The summed E-state index contributed by atoms with van der Waals surface area (Å²) in [4.78, 5) is 6.80. The molecule has 0 radical (unpaired) electrons. The predicted molar refractivity (Wildman–Crippen MR) is 111 cm³/mol. The summed E-state index contributed by atoms with van der Waals surface area (Å²) in [6.07, 6.45) is 9.64. The van der Waals surface area contributed by atoms with Crippen LogP contribution >= 0.6 is 0 Å². The first kappa shape index (κ1) is 18.2. The van der Waals surface area contributed by atoms with Crippen molar-refractivity contribution in [1.82, 2.24) is 10.2 Å². The average Bonchev–Trinajstić information content (AvgIpc) is 2.59. The Morgan fingerprint density at radius 3 is 2.69 bits per heavy atom. The molecular weight excluding hydrogens is 318 g/mol. The van der Waals surface area contributed by atoms with Crippen LogP contribution in [-0.4, -0.2) is 18.2 Å². The van der Waals surface area contributed by atoms with Gasteiger partial charge in [0.25, 0.3) is 0 Å². The fraction of sp³-hybridized carbons (Fsp3) is 0.348. The van der Waals surface area contributed by atoms with E-state index in [1.54, 1.807) is 0 Å². The van der Waals surface area contributed by atoms with Crippen molar-refractivity contribution in [2.45, 2.75) is 34.1 Å². The van der Waals surface area contributed by atoms with Gasteiger partial charge in [0.15, 0.2) is 0 Å². The molecule has 3 aliphatic rings. The average molecular weight is 348 g/mol. The fourth-order valence-electron chi connectivity index (χ4n) is 3.93. The highest BCUT2D eigenvalue weighted by Gasteiger charge is 2.35. The van der Waals surface area contributed by atoms with Gasteiger partial charge < -0.3 is 10.2 Å². The molecule has 2 heterocycles. The normalized spacial score (nSPS) is 22.9. The summed E-state index contributed by atoms with van der Waals surface area (Å²) >= 11 is 0. The molecule has 3 rings (SSSR count). The van der Waals surface area contributed by atoms with Gasteiger partial charge in [-0.2, -0.15) is 0 Å². The van der Waals surface area contributed by atoms with Crippen LogP contribution in [0, 0.1) is 11.8 Å². The molecule has 0 spiro atoms. The summed E-state index contributed by atoms with van der Waals surface area (Å²) in [7, 11) is 0. The Hall–Kier alpha value is -2.55. The highest BCUT2D eigenvalue weighted by molar-refractivity contribution is 5.59. The number of aliphatic imine (C=N–C) groups is 1. The second-order valence-corrected chi connectivity index (χ2v) is 7.77. The Morgan fingerprint density at radius 1 is 1.38 bits per heavy atom. The lowest BCUT2D eigenvalue weighted by Crippen LogP contribution is -2.35. The van der Waals surface area contributed by atoms with Gasteiger partial charge in [-0.25, -0.2) is 0 Å². The van der Waals surface area contributed by atoms with Gasteiger partial charge in [0, 0.05) is 30.1 Å². The number of allylic oxidation sites excluding steroid dienone is 6. The van der Waals surface area contributed by atoms with Gasteiger partial charge >= 0.3 is 0 Å². The second-order valence-electron chi connectivity index (χ2n) is 7.77. The highest BCUT2D eigenvalue weighted by Crippen LogP contribution is 2.43. The van der Waals surface area contributed by atoms with Crippen LogP contribution in [0.4, 0.5) is 0 Å². The van der Waals surface area contributed by atoms with Gasteiger partial charge in [0.05, 0.1) is 5.70 Å². The first-order chi connectivity index (χ1) is 12.3. The van der Waals surface area contributed by atoms with Crippen molar-refractivity contribution in [1.29, 1.82) is 0 Å². The van der Waals surface area contributed by atoms with Crippen LogP contribution in [0.2, 0.25) is 0 Å². The second kappa shape index (κ2) is 6.99. The minimum absolute atomic E-state index is 0.389. The first-order valence-electron chi connectivity index (χ1n) is 9.22. The van der Waals surface area contributed by atoms with E-state index >= 15 is 0 Å². The van der Waals surface area contributed by atoms with Crippen molar-refractivity contribution in [2.75, 3.05) is 6.54 Å². The molecule has 0 saturated carbocycles. The van der Waals surface area contributed by atoms with Gasteiger partial charge in [-0.05, 0) is 61.8 Å². The topological polar surface area (TPSA) is 27.6 Å². The van der Waals surface area contributed by atoms with Crippen molar-refractivity contribution < 1.29 is 0 Å². The van der Waals surface area contributed by atoms with Crippen LogP contribution in [0.25, 0.3) is 0 Å². The van der Waals surface area contributed by atoms with Crippen LogP contribution in [0.3, 0.4) is 0 Å². The molecule has 0 bridgehead atoms. The monoisotopic (exact) mass is 347 g/mol. The third kappa shape index (κ3) is 3.14. The van der Waals surface area contributed by atoms with Crippen molar-refractivity contribution in [3.8, 4) is 0 Å². The lowest BCUT2D eigenvalue weighted by atomic mass is 9.78. The third-order valence-electron chi connectivity index (χ3n) is 5.31. The maximum atomic E-state index is 4.47. The molecular formula is C23H29N3. The molecule has 1 N–H and O–H groups in total. The first-order valence-corrected chi connectivity index (χ1v) is 9.22. The Balaban J connectivity index is 2.16. The summed E-state index contributed by atoms with van der Waals surface area (Å²) in [5.74, 6) is 0.891. The zero-order valence-corrected chi connectivity index (χ0v) is 16.4. The van der Waals surface area contributed by atoms with E-state index < -0.39 is 0 Å². The quantitative estimate of drug-likeness (QED) is 0.706. The summed E-state index contributed by atoms with van der Waals surface area (Å²) in [6, 6.07) is 0. The van der Waals surface area contributed by atoms with Gasteiger partial charge in [0.2, 0.25) is 0 Å². The summed E-state index contributed by atoms with van der Waals surface area (Å²) in [5, 5.41) is 3.49. The van der Waals surface area contributed by atoms with Crippen molar-refractivity contribution in [3.63, 3.8) is 0 Å². The lowest BCUT2D eigenvalue weighted by Gasteiger charge is -2.40. The standard InChI is InChI=1S/C23H29N3/c1-14(2)19-11-18-12-20(15(3)4)23(26-10-8-9-16(5)13-26)22(24-7)21(18)25-17(19)6/h8-11,15,20,25H,1,6-7,12-13H2,2-5H3. The molecule has 2 aliphatic heterocycles. The fourth-order valence-corrected chi connectivity index (χ4v) is 3.93. The Kier molecular flexibility index (Phi) is 4.90. The Morgan fingerprint density at radius 2 is 2.12 bits per heavy atom. The maximum Gasteiger partial charge on any atom is 0.106 e. The van der Waals surface area contributed by atoms with E-state index in [9.17, 15) is 0 Å². The minimum atomic E-state index is 0.389. The number of dihydropyridines is 1. The zero-order valence-electron chi connectivity index (χ0n) is 16.4. The van der Waals surface area contributed by atoms with E-state index in [0.717, 1.165) is 41.2 Å². The number of hydrogen-bond acceptors (Lipinski definition) is 3. The zero-order chi connectivity index (χ0) is 19.0. The van der Waals surface area contributed by atoms with Crippen LogP contribution in [0.1, 0.15) is 34.1 Å². The number of nitrogens with zero attached hydrogens (tertiary/aromatic N) is 2. The van der Waals surface area contributed by atoms with E-state index in [-0.39, 0.29) is 0 Å². The van der Waals surface area contributed by atoms with Crippen LogP contribution in [-0.2, 0) is 0 Å². The summed E-state index contributed by atoms with van der Waals surface area (Å²) in [5.41, 5.74) is 8.86. The van der Waals surface area contributed by atoms with Crippen molar-refractivity contribution >= 4 is 6.72 Å². The SMILES string of the molecule is C=NC1=C(N2C=CC=C(C)C2)C(C(C)C)CC2=C1NC(=C)C(C(=C)C)=C2. The summed E-state index contributed by atoms with van der Waals surface area (Å²) in [6.45, 7) is 21.8. The molecule has 0 aromatic carbocycles. The number of rotatable bonds is 4. The molecule has 0 aromatic heterocycles. The molecule has 0 amide bonds. The van der Waals surface area contributed by atoms with E-state index in [1.165, 1.54) is 16.8 Å². The van der Waals surface area contributed by atoms with Gasteiger partial charge in [0.1, 0.15) is 5.70 Å². The molecule has 3 nitrogen and oxygen atoms in total. The Bertz CT molecular complexity index is 828. The molecule has 1 unspecified atom stereocenters. The minimum Gasteiger partial charge on any atom is -0.353 e. The molecule has 0 fully saturated rings. The van der Waals surface area contributed by atoms with Crippen molar-refractivity contribution in [3.05, 3.63) is 82.7 Å². The molecule has 0 aromatic rings. The van der Waals surface area contributed by atoms with Crippen LogP contribution in [0.5, 0.6) is 0 Å². The van der Waals surface area contributed by atoms with E-state index in [0.29, 0.717) is 11.8 Å². The van der Waals surface area contributed by atoms with E-state index in [4.69, 9.17) is 0 Å². The molecule has 26 heavy (non-hydrogen) atoms. The number of nitrogens with one attached hydrogen (secondary N) is 1. The van der Waals surface area contributed by atoms with E-state index in [2.05, 4.69) is 80.3 Å². The molecule has 136 valence electrons. The number of hydrogen-bond donors (Lipinski definition) is 1. The van der Waals surface area contributed by atoms with Gasteiger partial charge in [-0.3, -0.25) is 4.99 Å². The highest BCUT2D eigenvalue weighted by atomic mass is 15.1. The Labute approximate surface area is 157 Å². The molecule has 1 atom stereocenters. The largest absolute Gasteiger partial charge is 0.353 e. The smallest absolute Gasteiger partial charge is 0.106 e. The summed E-state index contributed by atoms with van der Waals surface area (Å²) < 4.78 is 0. The van der Waals surface area contributed by atoms with Gasteiger partial charge in [-0.15, -0.1) is 0 Å². The van der Waals surface area contributed by atoms with Gasteiger partial charge in [-0.1, -0.05) is 38.7 Å². The predicted octanol–water partition coefficient (Wildman–Crippen LogP) is 5.22. The van der Waals surface area contributed by atoms with Crippen LogP contribution < -0.4 is 5.32 Å². The van der Waals surface area contributed by atoms with E-state index in [1.807, 2.05) is 6.92 Å².